The summed E-state index contributed by atoms with van der Waals surface area (Å²) in [5.74, 6) is 0.170. The van der Waals surface area contributed by atoms with Crippen LogP contribution in [0, 0.1) is 13.8 Å². The van der Waals surface area contributed by atoms with Crippen molar-refractivity contribution in [2.75, 3.05) is 72.5 Å². The molecule has 234 valence electrons. The Morgan fingerprint density at radius 2 is 1.44 bits per heavy atom. The summed E-state index contributed by atoms with van der Waals surface area (Å²) < 4.78 is 2.52. The van der Waals surface area contributed by atoms with Gasteiger partial charge in [0.1, 0.15) is 0 Å². The highest BCUT2D eigenvalue weighted by atomic mass is 16.2. The minimum absolute atomic E-state index is 0.170. The fourth-order valence-corrected chi connectivity index (χ4v) is 6.34. The van der Waals surface area contributed by atoms with Gasteiger partial charge in [-0.25, -0.2) is 0 Å². The molecule has 0 unspecified atom stereocenters. The number of piperazine rings is 2. The summed E-state index contributed by atoms with van der Waals surface area (Å²) in [4.78, 5) is 22.7. The summed E-state index contributed by atoms with van der Waals surface area (Å²) in [5, 5.41) is 1.36. The van der Waals surface area contributed by atoms with Gasteiger partial charge in [0.25, 0.3) is 5.91 Å². The van der Waals surface area contributed by atoms with Gasteiger partial charge in [-0.05, 0) is 108 Å². The van der Waals surface area contributed by atoms with Crippen molar-refractivity contribution < 1.29 is 4.79 Å². The number of likely N-dealkylation sites (N-methyl/N-ethyl adjacent to an activating group) is 1. The Hall–Kier alpha value is -2.93. The van der Waals surface area contributed by atoms with Crippen molar-refractivity contribution in [3.05, 3.63) is 82.6 Å². The summed E-state index contributed by atoms with van der Waals surface area (Å²) in [6.07, 6.45) is 7.20. The maximum Gasteiger partial charge on any atom is 0.253 e. The van der Waals surface area contributed by atoms with Crippen LogP contribution in [-0.2, 0) is 13.0 Å². The van der Waals surface area contributed by atoms with Gasteiger partial charge in [-0.2, -0.15) is 0 Å². The Balaban J connectivity index is 0.000000996. The van der Waals surface area contributed by atoms with E-state index in [0.29, 0.717) is 0 Å². The van der Waals surface area contributed by atoms with E-state index in [1.54, 1.807) is 0 Å². The lowest BCUT2D eigenvalue weighted by Gasteiger charge is -2.34. The Morgan fingerprint density at radius 3 is 2.12 bits per heavy atom. The molecule has 2 aliphatic rings. The largest absolute Gasteiger partial charge is 0.345 e. The molecule has 6 nitrogen and oxygen atoms in total. The Kier molecular flexibility index (Phi) is 12.4. The molecule has 1 aromatic heterocycles. The highest BCUT2D eigenvalue weighted by Crippen LogP contribution is 2.28. The van der Waals surface area contributed by atoms with Crippen LogP contribution in [0.15, 0.2) is 54.6 Å². The van der Waals surface area contributed by atoms with Crippen LogP contribution in [0.1, 0.15) is 66.4 Å². The average Bonchev–Trinajstić information content (AvgIpc) is 3.26. The van der Waals surface area contributed by atoms with E-state index < -0.39 is 0 Å². The van der Waals surface area contributed by atoms with Gasteiger partial charge in [-0.15, -0.1) is 0 Å². The quantitative estimate of drug-likeness (QED) is 0.279. The molecule has 0 saturated carbocycles. The van der Waals surface area contributed by atoms with Crippen LogP contribution < -0.4 is 0 Å². The zero-order valence-corrected chi connectivity index (χ0v) is 27.7. The van der Waals surface area contributed by atoms with Gasteiger partial charge < -0.3 is 19.3 Å². The van der Waals surface area contributed by atoms with Crippen LogP contribution in [0.2, 0.25) is 0 Å². The van der Waals surface area contributed by atoms with Crippen molar-refractivity contribution in [3.8, 4) is 0 Å². The predicted octanol–water partition coefficient (Wildman–Crippen LogP) is 6.24. The Bertz CT molecular complexity index is 1340. The lowest BCUT2D eigenvalue weighted by molar-refractivity contribution is 0.0637. The number of carbonyl (C=O) groups excluding carboxylic acids is 1. The summed E-state index contributed by atoms with van der Waals surface area (Å²) >= 11 is 0. The van der Waals surface area contributed by atoms with E-state index in [1.165, 1.54) is 78.9 Å². The maximum absolute atomic E-state index is 13.2. The number of carbonyl (C=O) groups is 1. The molecule has 6 heteroatoms. The van der Waals surface area contributed by atoms with Crippen LogP contribution >= 0.6 is 0 Å². The Morgan fingerprint density at radius 1 is 0.791 bits per heavy atom. The van der Waals surface area contributed by atoms with Crippen LogP contribution in [0.5, 0.6) is 0 Å². The average molecular weight is 586 g/mol. The SMILES string of the molecule is C/C=C\C.CCCN1CCN(C(=O)c2cccc(Cc3ccc4c(c3)c(C)c(C)n4CCCN3CCN(C)CC3)c2)CC1. The van der Waals surface area contributed by atoms with Gasteiger partial charge in [0.05, 0.1) is 0 Å². The third-order valence-corrected chi connectivity index (χ3v) is 9.27. The molecule has 2 saturated heterocycles. The number of allylic oxidation sites excluding steroid dienone is 2. The third-order valence-electron chi connectivity index (χ3n) is 9.27. The first kappa shape index (κ1) is 33.0. The van der Waals surface area contributed by atoms with E-state index in [2.05, 4.69) is 77.4 Å². The lowest BCUT2D eigenvalue weighted by Crippen LogP contribution is -2.48. The molecule has 0 N–H and O–H groups in total. The first-order valence-corrected chi connectivity index (χ1v) is 16.5. The molecule has 5 rings (SSSR count). The van der Waals surface area contributed by atoms with Crippen LogP contribution in [0.25, 0.3) is 10.9 Å². The normalized spacial score (nSPS) is 17.0. The van der Waals surface area contributed by atoms with Gasteiger partial charge in [0.2, 0.25) is 0 Å². The molecule has 3 aromatic rings. The lowest BCUT2D eigenvalue weighted by atomic mass is 10.0. The molecule has 0 bridgehead atoms. The number of hydrogen-bond donors (Lipinski definition) is 0. The van der Waals surface area contributed by atoms with Crippen molar-refractivity contribution in [1.82, 2.24) is 24.2 Å². The molecule has 0 spiro atoms. The smallest absolute Gasteiger partial charge is 0.253 e. The number of benzene rings is 2. The molecule has 1 amide bonds. The maximum atomic E-state index is 13.2. The first-order chi connectivity index (χ1) is 20.8. The van der Waals surface area contributed by atoms with E-state index in [0.717, 1.165) is 51.3 Å². The van der Waals surface area contributed by atoms with Crippen molar-refractivity contribution in [3.63, 3.8) is 0 Å². The standard InChI is InChI=1S/C33H47N5O.C4H8/c1-5-12-35-19-21-37(22-20-35)33(39)30-9-6-8-28(24-30)23-29-10-11-32-31(25-29)26(2)27(3)38(32)14-7-13-36-17-15-34(4)16-18-36;1-3-4-2/h6,8-11,24-25H,5,7,12-23H2,1-4H3;3-4H,1-2H3/b;4-3-. The van der Waals surface area contributed by atoms with Gasteiger partial charge in [0, 0.05) is 81.1 Å². The number of fused-ring (bicyclic) bond motifs is 1. The van der Waals surface area contributed by atoms with E-state index in [9.17, 15) is 4.79 Å². The van der Waals surface area contributed by atoms with Gasteiger partial charge in [-0.1, -0.05) is 37.3 Å². The summed E-state index contributed by atoms with van der Waals surface area (Å²) in [5.41, 5.74) is 7.43. The molecule has 2 aliphatic heterocycles. The number of nitrogens with zero attached hydrogens (tertiary/aromatic N) is 5. The predicted molar refractivity (Wildman–Crippen MR) is 182 cm³/mol. The van der Waals surface area contributed by atoms with Crippen molar-refractivity contribution in [2.45, 2.75) is 60.4 Å². The zero-order chi connectivity index (χ0) is 30.8. The second-order valence-corrected chi connectivity index (χ2v) is 12.4. The molecule has 2 fully saturated rings. The summed E-state index contributed by atoms with van der Waals surface area (Å²) in [7, 11) is 2.22. The summed E-state index contributed by atoms with van der Waals surface area (Å²) in [6.45, 7) is 22.5. The van der Waals surface area contributed by atoms with Crippen LogP contribution in [0.4, 0.5) is 0 Å². The van der Waals surface area contributed by atoms with Crippen molar-refractivity contribution in [2.24, 2.45) is 0 Å². The van der Waals surface area contributed by atoms with Crippen LogP contribution in [0.3, 0.4) is 0 Å². The highest BCUT2D eigenvalue weighted by Gasteiger charge is 2.22. The second-order valence-electron chi connectivity index (χ2n) is 12.4. The fourth-order valence-electron chi connectivity index (χ4n) is 6.34. The first-order valence-electron chi connectivity index (χ1n) is 16.5. The van der Waals surface area contributed by atoms with E-state index in [-0.39, 0.29) is 5.91 Å². The Labute approximate surface area is 260 Å². The van der Waals surface area contributed by atoms with Gasteiger partial charge in [0.15, 0.2) is 0 Å². The molecule has 3 heterocycles. The third kappa shape index (κ3) is 8.81. The molecular formula is C37H55N5O. The van der Waals surface area contributed by atoms with E-state index in [1.807, 2.05) is 43.0 Å². The molecule has 2 aromatic carbocycles. The molecule has 0 atom stereocenters. The second kappa shape index (κ2) is 16.2. The monoisotopic (exact) mass is 585 g/mol. The van der Waals surface area contributed by atoms with Crippen molar-refractivity contribution >= 4 is 16.8 Å². The minimum Gasteiger partial charge on any atom is -0.345 e. The number of rotatable bonds is 9. The van der Waals surface area contributed by atoms with E-state index >= 15 is 0 Å². The highest BCUT2D eigenvalue weighted by molar-refractivity contribution is 5.94. The number of amides is 1. The molecule has 43 heavy (non-hydrogen) atoms. The van der Waals surface area contributed by atoms with Crippen LogP contribution in [-0.4, -0.2) is 103 Å². The van der Waals surface area contributed by atoms with Crippen molar-refractivity contribution in [1.29, 1.82) is 0 Å². The minimum atomic E-state index is 0.170. The zero-order valence-electron chi connectivity index (χ0n) is 27.7. The topological polar surface area (TPSA) is 35.0 Å². The fraction of sp³-hybridized carbons (Fsp3) is 0.541. The number of aromatic nitrogens is 1. The molecule has 0 aliphatic carbocycles. The van der Waals surface area contributed by atoms with Gasteiger partial charge in [-0.3, -0.25) is 9.69 Å². The number of hydrogen-bond acceptors (Lipinski definition) is 4. The molecular weight excluding hydrogens is 530 g/mol. The summed E-state index contributed by atoms with van der Waals surface area (Å²) in [6, 6.07) is 15.2. The number of aryl methyl sites for hydroxylation is 2. The molecule has 0 radical (unpaired) electrons. The van der Waals surface area contributed by atoms with E-state index in [4.69, 9.17) is 0 Å². The van der Waals surface area contributed by atoms with Gasteiger partial charge >= 0.3 is 0 Å².